The molecule has 2 rings (SSSR count). The smallest absolute Gasteiger partial charge is 0.409 e. The van der Waals surface area contributed by atoms with Crippen LogP contribution in [-0.2, 0) is 0 Å². The number of carbonyl (C=O) groups is 2. The van der Waals surface area contributed by atoms with Crippen LogP contribution in [0.1, 0.15) is 15.9 Å². The summed E-state index contributed by atoms with van der Waals surface area (Å²) in [6.07, 6.45) is -0.0368. The number of hydrogen-bond donors (Lipinski definition) is 3. The second-order valence-electron chi connectivity index (χ2n) is 4.27. The van der Waals surface area contributed by atoms with Crippen molar-refractivity contribution in [3.63, 3.8) is 0 Å². The molecule has 0 atom stereocenters. The predicted octanol–water partition coefficient (Wildman–Crippen LogP) is 3.56. The van der Waals surface area contributed by atoms with E-state index in [1.807, 2.05) is 6.07 Å². The fraction of sp³-hybridized carbons (Fsp3) is 0. The fourth-order valence-electron chi connectivity index (χ4n) is 1.74. The molecule has 3 N–H and O–H groups in total. The van der Waals surface area contributed by atoms with Gasteiger partial charge in [0.05, 0.1) is 0 Å². The van der Waals surface area contributed by atoms with Gasteiger partial charge in [-0.3, -0.25) is 10.1 Å². The van der Waals surface area contributed by atoms with Crippen molar-refractivity contribution < 1.29 is 19.8 Å². The summed E-state index contributed by atoms with van der Waals surface area (Å²) in [5, 5.41) is 20.6. The molecular weight excluding hydrogens is 270 g/mol. The van der Waals surface area contributed by atoms with Crippen molar-refractivity contribution in [3.05, 3.63) is 71.8 Å². The molecule has 0 saturated carbocycles. The van der Waals surface area contributed by atoms with E-state index in [9.17, 15) is 14.7 Å². The molecule has 0 saturated heterocycles. The summed E-state index contributed by atoms with van der Waals surface area (Å²) in [6.45, 7) is 0. The first-order chi connectivity index (χ1) is 10.1. The number of aliphatic hydroxyl groups is 1. The Balaban J connectivity index is 2.15. The van der Waals surface area contributed by atoms with E-state index in [1.54, 1.807) is 24.3 Å². The highest BCUT2D eigenvalue weighted by atomic mass is 16.4. The monoisotopic (exact) mass is 283 g/mol. The van der Waals surface area contributed by atoms with Crippen LogP contribution in [0.5, 0.6) is 0 Å². The zero-order valence-electron chi connectivity index (χ0n) is 11.0. The maximum absolute atomic E-state index is 12.0. The van der Waals surface area contributed by atoms with Crippen LogP contribution >= 0.6 is 0 Å². The molecule has 0 aliphatic rings. The van der Waals surface area contributed by atoms with Crippen molar-refractivity contribution in [2.75, 3.05) is 5.32 Å². The average molecular weight is 283 g/mol. The number of anilines is 1. The quantitative estimate of drug-likeness (QED) is 0.455. The third-order valence-electron chi connectivity index (χ3n) is 2.76. The lowest BCUT2D eigenvalue weighted by atomic mass is 10.1. The number of aliphatic hydroxyl groups excluding tert-OH is 1. The standard InChI is InChI=1S/C16H13NO4/c18-14(11-4-2-1-3-5-11)10-15(19)12-6-8-13(9-7-12)17-16(20)21/h1-10,17-18H,(H,20,21). The van der Waals surface area contributed by atoms with E-state index in [0.29, 0.717) is 16.8 Å². The number of carbonyl (C=O) groups excluding carboxylic acids is 1. The van der Waals surface area contributed by atoms with Gasteiger partial charge in [0.2, 0.25) is 0 Å². The van der Waals surface area contributed by atoms with E-state index in [2.05, 4.69) is 5.32 Å². The molecular formula is C16H13NO4. The van der Waals surface area contributed by atoms with Crippen molar-refractivity contribution in [3.8, 4) is 0 Å². The summed E-state index contributed by atoms with van der Waals surface area (Å²) < 4.78 is 0. The summed E-state index contributed by atoms with van der Waals surface area (Å²) in [5.41, 5.74) is 1.28. The van der Waals surface area contributed by atoms with Crippen LogP contribution in [0.25, 0.3) is 5.76 Å². The molecule has 0 bridgehead atoms. The van der Waals surface area contributed by atoms with Crippen LogP contribution in [0.2, 0.25) is 0 Å². The van der Waals surface area contributed by atoms with Gasteiger partial charge in [-0.2, -0.15) is 0 Å². The molecule has 0 unspecified atom stereocenters. The van der Waals surface area contributed by atoms with Crippen molar-refractivity contribution in [1.29, 1.82) is 0 Å². The zero-order chi connectivity index (χ0) is 15.2. The number of nitrogens with one attached hydrogen (secondary N) is 1. The lowest BCUT2D eigenvalue weighted by molar-refractivity contribution is 0.104. The number of allylic oxidation sites excluding steroid dienone is 1. The lowest BCUT2D eigenvalue weighted by Gasteiger charge is -2.02. The molecule has 0 heterocycles. The van der Waals surface area contributed by atoms with Crippen molar-refractivity contribution >= 4 is 23.3 Å². The average Bonchev–Trinajstić information content (AvgIpc) is 2.48. The van der Waals surface area contributed by atoms with E-state index < -0.39 is 6.09 Å². The Morgan fingerprint density at radius 3 is 2.05 bits per heavy atom. The summed E-state index contributed by atoms with van der Waals surface area (Å²) in [6, 6.07) is 14.7. The van der Waals surface area contributed by atoms with E-state index >= 15 is 0 Å². The zero-order valence-corrected chi connectivity index (χ0v) is 11.0. The molecule has 0 radical (unpaired) electrons. The molecule has 0 aromatic heterocycles. The molecule has 2 aromatic rings. The minimum Gasteiger partial charge on any atom is -0.507 e. The number of benzene rings is 2. The van der Waals surface area contributed by atoms with Crippen molar-refractivity contribution in [2.45, 2.75) is 0 Å². The van der Waals surface area contributed by atoms with Crippen LogP contribution in [-0.4, -0.2) is 22.1 Å². The largest absolute Gasteiger partial charge is 0.507 e. The minimum atomic E-state index is -1.17. The van der Waals surface area contributed by atoms with Crippen LogP contribution in [0, 0.1) is 0 Å². The second kappa shape index (κ2) is 6.38. The van der Waals surface area contributed by atoms with Gasteiger partial charge in [0.15, 0.2) is 5.78 Å². The maximum atomic E-state index is 12.0. The van der Waals surface area contributed by atoms with Gasteiger partial charge in [-0.05, 0) is 24.3 Å². The minimum absolute atomic E-state index is 0.117. The van der Waals surface area contributed by atoms with Crippen LogP contribution in [0.15, 0.2) is 60.7 Å². The second-order valence-corrected chi connectivity index (χ2v) is 4.27. The van der Waals surface area contributed by atoms with Gasteiger partial charge in [-0.25, -0.2) is 4.79 Å². The van der Waals surface area contributed by atoms with Crippen LogP contribution < -0.4 is 5.32 Å². The Labute approximate surface area is 121 Å². The predicted molar refractivity (Wildman–Crippen MR) is 79.5 cm³/mol. The molecule has 5 nitrogen and oxygen atoms in total. The highest BCUT2D eigenvalue weighted by Crippen LogP contribution is 2.14. The van der Waals surface area contributed by atoms with Gasteiger partial charge in [0, 0.05) is 22.9 Å². The highest BCUT2D eigenvalue weighted by molar-refractivity contribution is 6.08. The Bertz CT molecular complexity index is 675. The van der Waals surface area contributed by atoms with Gasteiger partial charge in [-0.1, -0.05) is 30.3 Å². The maximum Gasteiger partial charge on any atom is 0.409 e. The van der Waals surface area contributed by atoms with E-state index in [-0.39, 0.29) is 11.5 Å². The molecule has 2 aromatic carbocycles. The van der Waals surface area contributed by atoms with E-state index in [4.69, 9.17) is 5.11 Å². The Hall–Kier alpha value is -3.08. The summed E-state index contributed by atoms with van der Waals surface area (Å²) >= 11 is 0. The van der Waals surface area contributed by atoms with Gasteiger partial charge in [0.25, 0.3) is 0 Å². The van der Waals surface area contributed by atoms with Gasteiger partial charge in [-0.15, -0.1) is 0 Å². The first kappa shape index (κ1) is 14.3. The van der Waals surface area contributed by atoms with Crippen LogP contribution in [0.4, 0.5) is 10.5 Å². The topological polar surface area (TPSA) is 86.6 Å². The molecule has 21 heavy (non-hydrogen) atoms. The van der Waals surface area contributed by atoms with Crippen molar-refractivity contribution in [2.24, 2.45) is 0 Å². The van der Waals surface area contributed by atoms with Gasteiger partial charge in [0.1, 0.15) is 5.76 Å². The number of hydrogen-bond acceptors (Lipinski definition) is 3. The Morgan fingerprint density at radius 2 is 1.48 bits per heavy atom. The molecule has 106 valence electrons. The van der Waals surface area contributed by atoms with Crippen LogP contribution in [0.3, 0.4) is 0 Å². The molecule has 0 aliphatic carbocycles. The first-order valence-electron chi connectivity index (χ1n) is 6.16. The molecule has 5 heteroatoms. The highest BCUT2D eigenvalue weighted by Gasteiger charge is 2.06. The molecule has 1 amide bonds. The van der Waals surface area contributed by atoms with Crippen molar-refractivity contribution in [1.82, 2.24) is 0 Å². The van der Waals surface area contributed by atoms with E-state index in [1.165, 1.54) is 24.3 Å². The SMILES string of the molecule is O=C(O)Nc1ccc(C(=O)C=C(O)c2ccccc2)cc1. The molecule has 0 fully saturated rings. The fourth-order valence-corrected chi connectivity index (χ4v) is 1.74. The Morgan fingerprint density at radius 1 is 0.857 bits per heavy atom. The van der Waals surface area contributed by atoms with Gasteiger partial charge < -0.3 is 10.2 Å². The van der Waals surface area contributed by atoms with Gasteiger partial charge >= 0.3 is 6.09 Å². The number of ketones is 1. The summed E-state index contributed by atoms with van der Waals surface area (Å²) in [7, 11) is 0. The van der Waals surface area contributed by atoms with E-state index in [0.717, 1.165) is 6.08 Å². The summed E-state index contributed by atoms with van der Waals surface area (Å²) in [4.78, 5) is 22.5. The number of amides is 1. The number of rotatable bonds is 4. The normalized spacial score (nSPS) is 11.0. The molecule has 0 spiro atoms. The third kappa shape index (κ3) is 3.94. The first-order valence-corrected chi connectivity index (χ1v) is 6.16. The molecule has 0 aliphatic heterocycles. The lowest BCUT2D eigenvalue weighted by Crippen LogP contribution is -2.07. The third-order valence-corrected chi connectivity index (χ3v) is 2.76. The Kier molecular flexibility index (Phi) is 4.36. The number of carboxylic acid groups (broad SMARTS) is 1. The summed E-state index contributed by atoms with van der Waals surface area (Å²) in [5.74, 6) is -0.480.